The van der Waals surface area contributed by atoms with Crippen LogP contribution in [0.25, 0.3) is 5.57 Å². The van der Waals surface area contributed by atoms with Crippen molar-refractivity contribution in [1.29, 1.82) is 0 Å². The van der Waals surface area contributed by atoms with Crippen molar-refractivity contribution in [3.63, 3.8) is 0 Å². The normalized spacial score (nSPS) is 21.5. The summed E-state index contributed by atoms with van der Waals surface area (Å²) in [5, 5.41) is 0. The molecule has 0 nitrogen and oxygen atoms in total. The highest BCUT2D eigenvalue weighted by Gasteiger charge is 2.54. The molecule has 0 aliphatic heterocycles. The predicted octanol–water partition coefficient (Wildman–Crippen LogP) is 6.25. The van der Waals surface area contributed by atoms with E-state index < -0.39 is 0 Å². The molecule has 122 valence electrons. The first-order chi connectivity index (χ1) is 12.2. The van der Waals surface area contributed by atoms with Gasteiger partial charge in [-0.3, -0.25) is 0 Å². The van der Waals surface area contributed by atoms with Gasteiger partial charge in [0.05, 0.1) is 0 Å². The highest BCUT2D eigenvalue weighted by Crippen LogP contribution is 2.58. The van der Waals surface area contributed by atoms with Gasteiger partial charge in [0.15, 0.2) is 0 Å². The SMILES string of the molecule is C[C@@H]1C(=C=C(c2ccccc2)c2ccccc2)[C@@]1(C)c1ccccc1. The molecule has 0 aromatic heterocycles. The van der Waals surface area contributed by atoms with Crippen LogP contribution < -0.4 is 0 Å². The summed E-state index contributed by atoms with van der Waals surface area (Å²) in [4.78, 5) is 0. The second kappa shape index (κ2) is 6.24. The van der Waals surface area contributed by atoms with Crippen molar-refractivity contribution in [3.05, 3.63) is 119 Å². The van der Waals surface area contributed by atoms with Crippen LogP contribution in [0.4, 0.5) is 0 Å². The number of hydrogen-bond donors (Lipinski definition) is 0. The van der Waals surface area contributed by atoms with Gasteiger partial charge in [0.2, 0.25) is 0 Å². The third-order valence-electron chi connectivity index (χ3n) is 5.53. The molecule has 0 radical (unpaired) electrons. The zero-order valence-electron chi connectivity index (χ0n) is 14.7. The van der Waals surface area contributed by atoms with Gasteiger partial charge >= 0.3 is 0 Å². The van der Waals surface area contributed by atoms with E-state index >= 15 is 0 Å². The first-order valence-electron chi connectivity index (χ1n) is 8.89. The molecule has 1 fully saturated rings. The van der Waals surface area contributed by atoms with Crippen LogP contribution in [0, 0.1) is 5.92 Å². The lowest BCUT2D eigenvalue weighted by atomic mass is 9.94. The topological polar surface area (TPSA) is 0 Å². The zero-order valence-corrected chi connectivity index (χ0v) is 14.7. The van der Waals surface area contributed by atoms with E-state index in [9.17, 15) is 0 Å². The summed E-state index contributed by atoms with van der Waals surface area (Å²) in [6.45, 7) is 4.64. The molecule has 0 N–H and O–H groups in total. The summed E-state index contributed by atoms with van der Waals surface area (Å²) in [6, 6.07) is 32.0. The molecule has 0 saturated heterocycles. The van der Waals surface area contributed by atoms with Gasteiger partial charge in [-0.15, -0.1) is 5.73 Å². The van der Waals surface area contributed by atoms with Crippen molar-refractivity contribution in [2.45, 2.75) is 19.3 Å². The van der Waals surface area contributed by atoms with Crippen LogP contribution in [-0.4, -0.2) is 0 Å². The molecule has 3 aromatic rings. The fourth-order valence-electron chi connectivity index (χ4n) is 3.71. The van der Waals surface area contributed by atoms with Crippen molar-refractivity contribution in [2.75, 3.05) is 0 Å². The molecule has 3 aromatic carbocycles. The van der Waals surface area contributed by atoms with E-state index in [1.54, 1.807) is 0 Å². The average molecular weight is 322 g/mol. The molecule has 1 saturated carbocycles. The maximum absolute atomic E-state index is 3.80. The van der Waals surface area contributed by atoms with Crippen molar-refractivity contribution >= 4 is 5.57 Å². The highest BCUT2D eigenvalue weighted by atomic mass is 14.6. The zero-order chi connectivity index (χ0) is 17.3. The monoisotopic (exact) mass is 322 g/mol. The third kappa shape index (κ3) is 2.76. The Balaban J connectivity index is 1.90. The summed E-state index contributed by atoms with van der Waals surface area (Å²) < 4.78 is 0. The van der Waals surface area contributed by atoms with Gasteiger partial charge in [-0.1, -0.05) is 105 Å². The van der Waals surface area contributed by atoms with Crippen molar-refractivity contribution in [3.8, 4) is 0 Å². The minimum atomic E-state index is 0.0933. The van der Waals surface area contributed by atoms with Crippen LogP contribution in [0.3, 0.4) is 0 Å². The number of hydrogen-bond acceptors (Lipinski definition) is 0. The van der Waals surface area contributed by atoms with Crippen LogP contribution in [0.1, 0.15) is 30.5 Å². The molecule has 25 heavy (non-hydrogen) atoms. The summed E-state index contributed by atoms with van der Waals surface area (Å²) >= 11 is 0. The molecule has 0 heterocycles. The lowest BCUT2D eigenvalue weighted by Gasteiger charge is -2.09. The van der Waals surface area contributed by atoms with Crippen molar-refractivity contribution in [1.82, 2.24) is 0 Å². The maximum atomic E-state index is 3.80. The summed E-state index contributed by atoms with van der Waals surface area (Å²) in [5.41, 5.74) is 10.3. The second-order valence-corrected chi connectivity index (χ2v) is 6.94. The van der Waals surface area contributed by atoms with E-state index in [0.29, 0.717) is 5.92 Å². The van der Waals surface area contributed by atoms with E-state index in [0.717, 1.165) is 0 Å². The van der Waals surface area contributed by atoms with Gasteiger partial charge in [0.1, 0.15) is 0 Å². The molecule has 0 bridgehead atoms. The highest BCUT2D eigenvalue weighted by molar-refractivity contribution is 5.80. The van der Waals surface area contributed by atoms with E-state index in [-0.39, 0.29) is 5.41 Å². The van der Waals surface area contributed by atoms with Crippen LogP contribution in [0.15, 0.2) is 102 Å². The Bertz CT molecular complexity index is 888. The third-order valence-corrected chi connectivity index (χ3v) is 5.53. The molecule has 0 spiro atoms. The summed E-state index contributed by atoms with van der Waals surface area (Å²) in [6.07, 6.45) is 0. The van der Waals surface area contributed by atoms with Crippen molar-refractivity contribution < 1.29 is 0 Å². The van der Waals surface area contributed by atoms with Crippen LogP contribution in [0.2, 0.25) is 0 Å². The molecular weight excluding hydrogens is 300 g/mol. The Morgan fingerprint density at radius 2 is 1.16 bits per heavy atom. The molecule has 2 atom stereocenters. The Kier molecular flexibility index (Phi) is 3.92. The molecular formula is C25H22. The minimum absolute atomic E-state index is 0.0933. The van der Waals surface area contributed by atoms with Gasteiger partial charge < -0.3 is 0 Å². The molecule has 1 aliphatic carbocycles. The second-order valence-electron chi connectivity index (χ2n) is 6.94. The summed E-state index contributed by atoms with van der Waals surface area (Å²) in [5.74, 6) is 0.511. The van der Waals surface area contributed by atoms with Gasteiger partial charge in [0, 0.05) is 11.0 Å². The van der Waals surface area contributed by atoms with Gasteiger partial charge in [0.25, 0.3) is 0 Å². The smallest absolute Gasteiger partial charge is 0.0309 e. The van der Waals surface area contributed by atoms with Crippen molar-refractivity contribution in [2.24, 2.45) is 5.92 Å². The van der Waals surface area contributed by atoms with Crippen LogP contribution in [0.5, 0.6) is 0 Å². The molecule has 4 rings (SSSR count). The molecule has 0 amide bonds. The first-order valence-corrected chi connectivity index (χ1v) is 8.89. The van der Waals surface area contributed by atoms with E-state index in [1.165, 1.54) is 27.8 Å². The molecule has 0 heteroatoms. The fraction of sp³-hybridized carbons (Fsp3) is 0.160. The minimum Gasteiger partial charge on any atom is -0.111 e. The standard InChI is InChI=1S/C25H22/c1-19-24(25(19,2)22-16-10-5-11-17-22)18-23(20-12-6-3-7-13-20)21-14-8-4-9-15-21/h3-17,19H,1-2H3/t19-,25-/m1/s1. The number of allylic oxidation sites excluding steroid dienone is 1. The van der Waals surface area contributed by atoms with E-state index in [4.69, 9.17) is 0 Å². The molecule has 1 aliphatic rings. The van der Waals surface area contributed by atoms with Crippen LogP contribution in [-0.2, 0) is 5.41 Å². The quantitative estimate of drug-likeness (QED) is 0.500. The number of benzene rings is 3. The van der Waals surface area contributed by atoms with E-state index in [1.807, 2.05) is 0 Å². The lowest BCUT2D eigenvalue weighted by molar-refractivity contribution is 0.707. The predicted molar refractivity (Wildman–Crippen MR) is 105 cm³/mol. The average Bonchev–Trinajstić information content (AvgIpc) is 3.22. The van der Waals surface area contributed by atoms with Gasteiger partial charge in [-0.2, -0.15) is 0 Å². The Morgan fingerprint density at radius 1 is 0.720 bits per heavy atom. The van der Waals surface area contributed by atoms with Gasteiger partial charge in [-0.25, -0.2) is 0 Å². The Hall–Kier alpha value is -2.82. The summed E-state index contributed by atoms with van der Waals surface area (Å²) in [7, 11) is 0. The Labute approximate surface area is 150 Å². The van der Waals surface area contributed by atoms with Gasteiger partial charge in [-0.05, 0) is 28.2 Å². The van der Waals surface area contributed by atoms with Crippen LogP contribution >= 0.6 is 0 Å². The van der Waals surface area contributed by atoms with E-state index in [2.05, 4.69) is 111 Å². The maximum Gasteiger partial charge on any atom is 0.0309 e. The number of rotatable bonds is 3. The first kappa shape index (κ1) is 15.7. The largest absolute Gasteiger partial charge is 0.111 e. The Morgan fingerprint density at radius 3 is 1.64 bits per heavy atom. The molecule has 0 unspecified atom stereocenters. The lowest BCUT2D eigenvalue weighted by Crippen LogP contribution is -2.02. The fourth-order valence-corrected chi connectivity index (χ4v) is 3.71.